The zero-order valence-corrected chi connectivity index (χ0v) is 16.2. The Balaban J connectivity index is 1.73. The molecule has 8 nitrogen and oxygen atoms in total. The first-order chi connectivity index (χ1) is 12.5. The molecule has 0 bridgehead atoms. The Morgan fingerprint density at radius 2 is 2.08 bits per heavy atom. The van der Waals surface area contributed by atoms with Crippen LogP contribution < -0.4 is 10.2 Å². The van der Waals surface area contributed by atoms with Gasteiger partial charge >= 0.3 is 0 Å². The lowest BCUT2D eigenvalue weighted by Crippen LogP contribution is -2.40. The minimum absolute atomic E-state index is 0.130. The van der Waals surface area contributed by atoms with Crippen LogP contribution in [0.15, 0.2) is 6.33 Å². The number of H-pyrrole nitrogens is 1. The number of hydrogen-bond donors (Lipinski definition) is 3. The second-order valence-corrected chi connectivity index (χ2v) is 7.51. The molecular formula is C18H31N7O. The van der Waals surface area contributed by atoms with Crippen molar-refractivity contribution in [3.63, 3.8) is 0 Å². The van der Waals surface area contributed by atoms with Gasteiger partial charge in [0.1, 0.15) is 11.8 Å². The minimum Gasteiger partial charge on any atom is -0.394 e. The van der Waals surface area contributed by atoms with Crippen LogP contribution >= 0.6 is 0 Å². The molecule has 8 heteroatoms. The molecule has 144 valence electrons. The van der Waals surface area contributed by atoms with Gasteiger partial charge in [-0.3, -0.25) is 4.90 Å². The smallest absolute Gasteiger partial charge is 0.205 e. The van der Waals surface area contributed by atoms with E-state index in [2.05, 4.69) is 62.7 Å². The molecule has 3 N–H and O–H groups in total. The fourth-order valence-corrected chi connectivity index (χ4v) is 3.81. The number of aromatic nitrogens is 4. The molecule has 0 spiro atoms. The van der Waals surface area contributed by atoms with Crippen LogP contribution in [0.4, 0.5) is 11.8 Å². The number of hydrogen-bond acceptors (Lipinski definition) is 7. The second kappa shape index (κ2) is 8.18. The highest BCUT2D eigenvalue weighted by molar-refractivity contribution is 5.84. The number of nitrogens with one attached hydrogen (secondary N) is 2. The highest BCUT2D eigenvalue weighted by Crippen LogP contribution is 2.26. The maximum Gasteiger partial charge on any atom is 0.205 e. The van der Waals surface area contributed by atoms with Crippen molar-refractivity contribution in [2.45, 2.75) is 58.7 Å². The van der Waals surface area contributed by atoms with Crippen LogP contribution in [0.2, 0.25) is 0 Å². The van der Waals surface area contributed by atoms with Crippen molar-refractivity contribution in [1.29, 1.82) is 0 Å². The summed E-state index contributed by atoms with van der Waals surface area (Å²) in [6.07, 6.45) is 3.61. The maximum atomic E-state index is 9.56. The van der Waals surface area contributed by atoms with Gasteiger partial charge in [-0.05, 0) is 40.5 Å². The van der Waals surface area contributed by atoms with Gasteiger partial charge in [-0.25, -0.2) is 9.97 Å². The van der Waals surface area contributed by atoms with Gasteiger partial charge in [0, 0.05) is 31.7 Å². The molecule has 0 saturated carbocycles. The molecule has 0 aliphatic carbocycles. The van der Waals surface area contributed by atoms with Gasteiger partial charge in [0.15, 0.2) is 11.5 Å². The van der Waals surface area contributed by atoms with Crippen LogP contribution in [-0.2, 0) is 0 Å². The summed E-state index contributed by atoms with van der Waals surface area (Å²) in [5, 5.41) is 13.0. The van der Waals surface area contributed by atoms with E-state index in [0.29, 0.717) is 17.7 Å². The van der Waals surface area contributed by atoms with Crippen LogP contribution in [0.25, 0.3) is 11.2 Å². The van der Waals surface area contributed by atoms with E-state index >= 15 is 0 Å². The van der Waals surface area contributed by atoms with Crippen molar-refractivity contribution in [3.05, 3.63) is 6.33 Å². The lowest BCUT2D eigenvalue weighted by Gasteiger charge is -2.30. The summed E-state index contributed by atoms with van der Waals surface area (Å²) in [6, 6.07) is 1.14. The van der Waals surface area contributed by atoms with Crippen molar-refractivity contribution in [1.82, 2.24) is 24.8 Å². The van der Waals surface area contributed by atoms with Crippen molar-refractivity contribution in [2.75, 3.05) is 36.5 Å². The molecule has 1 aliphatic heterocycles. The van der Waals surface area contributed by atoms with E-state index in [0.717, 1.165) is 49.8 Å². The maximum absolute atomic E-state index is 9.56. The first-order valence-corrected chi connectivity index (χ1v) is 9.59. The minimum atomic E-state index is 0.130. The van der Waals surface area contributed by atoms with E-state index in [9.17, 15) is 5.11 Å². The summed E-state index contributed by atoms with van der Waals surface area (Å²) in [5.74, 6) is 1.55. The number of anilines is 2. The number of nitrogens with zero attached hydrogens (tertiary/aromatic N) is 5. The third kappa shape index (κ3) is 3.91. The van der Waals surface area contributed by atoms with Gasteiger partial charge < -0.3 is 20.3 Å². The molecule has 0 aromatic carbocycles. The van der Waals surface area contributed by atoms with Crippen molar-refractivity contribution in [2.24, 2.45) is 0 Å². The van der Waals surface area contributed by atoms with Crippen molar-refractivity contribution >= 4 is 22.9 Å². The van der Waals surface area contributed by atoms with Crippen LogP contribution in [-0.4, -0.2) is 74.3 Å². The first-order valence-electron chi connectivity index (χ1n) is 9.59. The molecule has 1 saturated heterocycles. The van der Waals surface area contributed by atoms with Crippen LogP contribution in [0.1, 0.15) is 40.5 Å². The van der Waals surface area contributed by atoms with Gasteiger partial charge in [-0.2, -0.15) is 4.98 Å². The summed E-state index contributed by atoms with van der Waals surface area (Å²) in [4.78, 5) is 21.2. The quantitative estimate of drug-likeness (QED) is 0.660. The highest BCUT2D eigenvalue weighted by atomic mass is 16.3. The average Bonchev–Trinajstić information content (AvgIpc) is 3.23. The lowest BCUT2D eigenvalue weighted by atomic mass is 10.2. The Morgan fingerprint density at radius 3 is 2.77 bits per heavy atom. The molecule has 0 amide bonds. The molecule has 2 aromatic rings. The number of aliphatic hydroxyl groups is 1. The Bertz CT molecular complexity index is 707. The highest BCUT2D eigenvalue weighted by Gasteiger charge is 2.27. The van der Waals surface area contributed by atoms with Gasteiger partial charge in [0.25, 0.3) is 0 Å². The van der Waals surface area contributed by atoms with Gasteiger partial charge in [-0.1, -0.05) is 0 Å². The molecular weight excluding hydrogens is 330 g/mol. The topological polar surface area (TPSA) is 93.2 Å². The number of rotatable bonds is 8. The van der Waals surface area contributed by atoms with Crippen LogP contribution in [0, 0.1) is 0 Å². The average molecular weight is 361 g/mol. The molecule has 1 atom stereocenters. The molecule has 1 aliphatic rings. The summed E-state index contributed by atoms with van der Waals surface area (Å²) >= 11 is 0. The number of fused-ring (bicyclic) bond motifs is 1. The molecule has 1 unspecified atom stereocenters. The predicted molar refractivity (Wildman–Crippen MR) is 105 cm³/mol. The molecule has 0 radical (unpaired) electrons. The van der Waals surface area contributed by atoms with E-state index in [4.69, 9.17) is 0 Å². The summed E-state index contributed by atoms with van der Waals surface area (Å²) < 4.78 is 0. The van der Waals surface area contributed by atoms with Gasteiger partial charge in [0.2, 0.25) is 5.95 Å². The number of imidazole rings is 1. The molecule has 2 aromatic heterocycles. The largest absolute Gasteiger partial charge is 0.394 e. The van der Waals surface area contributed by atoms with Crippen molar-refractivity contribution < 1.29 is 5.11 Å². The molecule has 3 rings (SSSR count). The van der Waals surface area contributed by atoms with Crippen LogP contribution in [0.3, 0.4) is 0 Å². The standard InChI is InChI=1S/C18H31N7O/c1-12(2)24(13(3)4)9-7-19-16-15-17(21-11-20-16)23-18(22-15)25-8-5-6-14(25)10-26/h11-14,26H,5-10H2,1-4H3,(H2,19,20,21,22,23). The fourth-order valence-electron chi connectivity index (χ4n) is 3.81. The lowest BCUT2D eigenvalue weighted by molar-refractivity contribution is 0.182. The molecule has 26 heavy (non-hydrogen) atoms. The Labute approximate surface area is 155 Å². The zero-order valence-electron chi connectivity index (χ0n) is 16.2. The second-order valence-electron chi connectivity index (χ2n) is 7.51. The summed E-state index contributed by atoms with van der Waals surface area (Å²) in [5.41, 5.74) is 1.48. The summed E-state index contributed by atoms with van der Waals surface area (Å²) in [7, 11) is 0. The van der Waals surface area contributed by atoms with Crippen LogP contribution in [0.5, 0.6) is 0 Å². The van der Waals surface area contributed by atoms with E-state index in [-0.39, 0.29) is 12.6 Å². The Kier molecular flexibility index (Phi) is 5.93. The van der Waals surface area contributed by atoms with Crippen molar-refractivity contribution in [3.8, 4) is 0 Å². The summed E-state index contributed by atoms with van der Waals surface area (Å²) in [6.45, 7) is 11.7. The van der Waals surface area contributed by atoms with E-state index in [1.165, 1.54) is 0 Å². The predicted octanol–water partition coefficient (Wildman–Crippen LogP) is 1.84. The third-order valence-corrected chi connectivity index (χ3v) is 5.12. The third-order valence-electron chi connectivity index (χ3n) is 5.12. The van der Waals surface area contributed by atoms with Gasteiger partial charge in [0.05, 0.1) is 12.6 Å². The van der Waals surface area contributed by atoms with E-state index < -0.39 is 0 Å². The molecule has 1 fully saturated rings. The Hall–Kier alpha value is -1.93. The first kappa shape index (κ1) is 18.8. The van der Waals surface area contributed by atoms with E-state index in [1.54, 1.807) is 6.33 Å². The Morgan fingerprint density at radius 1 is 1.31 bits per heavy atom. The number of aliphatic hydroxyl groups excluding tert-OH is 1. The monoisotopic (exact) mass is 361 g/mol. The normalized spacial score (nSPS) is 18.0. The SMILES string of the molecule is CC(C)N(CCNc1ncnc2nc(N3CCCC3CO)[nH]c12)C(C)C. The molecule has 3 heterocycles. The number of aromatic amines is 1. The van der Waals surface area contributed by atoms with Gasteiger partial charge in [-0.15, -0.1) is 0 Å². The fraction of sp³-hybridized carbons (Fsp3) is 0.722. The zero-order chi connectivity index (χ0) is 18.7. The van der Waals surface area contributed by atoms with E-state index in [1.807, 2.05) is 0 Å².